The fourth-order valence-corrected chi connectivity index (χ4v) is 3.57. The molecule has 0 saturated carbocycles. The van der Waals surface area contributed by atoms with Gasteiger partial charge in [-0.25, -0.2) is 4.39 Å². The van der Waals surface area contributed by atoms with Crippen molar-refractivity contribution in [1.29, 1.82) is 0 Å². The number of aromatic nitrogens is 1. The largest absolute Gasteiger partial charge is 0.310 e. The molecule has 0 atom stereocenters. The minimum absolute atomic E-state index is 0.0472. The Hall–Kier alpha value is -3.48. The smallest absolute Gasteiger partial charge is 0.226 e. The highest BCUT2D eigenvalue weighted by atomic mass is 19.1. The number of carbonyl (C=O) groups excluding carboxylic acids is 2. The SMILES string of the molecule is CCCN(C(=O)CC)c1ccc(-c2ccc(C(=O)CCc3ccc(F)nc3F)cc2)cc1F. The number of aryl methyl sites for hydroxylation is 1. The predicted molar refractivity (Wildman–Crippen MR) is 122 cm³/mol. The van der Waals surface area contributed by atoms with Crippen LogP contribution in [0.4, 0.5) is 18.9 Å². The van der Waals surface area contributed by atoms with Gasteiger partial charge in [0.2, 0.25) is 17.8 Å². The topological polar surface area (TPSA) is 50.3 Å². The first-order valence-electron chi connectivity index (χ1n) is 10.9. The number of anilines is 1. The highest BCUT2D eigenvalue weighted by Crippen LogP contribution is 2.28. The van der Waals surface area contributed by atoms with Crippen LogP contribution in [0.25, 0.3) is 11.1 Å². The van der Waals surface area contributed by atoms with Gasteiger partial charge in [0.15, 0.2) is 5.78 Å². The maximum atomic E-state index is 14.8. The second-order valence-electron chi connectivity index (χ2n) is 7.65. The minimum atomic E-state index is -0.915. The number of nitrogens with zero attached hydrogens (tertiary/aromatic N) is 2. The Kier molecular flexibility index (Phi) is 7.98. The van der Waals surface area contributed by atoms with Crippen molar-refractivity contribution in [2.24, 2.45) is 0 Å². The normalized spacial score (nSPS) is 10.8. The second kappa shape index (κ2) is 10.9. The average Bonchev–Trinajstić information content (AvgIpc) is 2.81. The van der Waals surface area contributed by atoms with Crippen molar-refractivity contribution in [1.82, 2.24) is 4.98 Å². The minimum Gasteiger partial charge on any atom is -0.310 e. The quantitative estimate of drug-likeness (QED) is 0.289. The first-order chi connectivity index (χ1) is 15.8. The average molecular weight is 454 g/mol. The number of hydrogen-bond acceptors (Lipinski definition) is 3. The van der Waals surface area contributed by atoms with E-state index in [-0.39, 0.29) is 35.8 Å². The number of benzene rings is 2. The summed E-state index contributed by atoms with van der Waals surface area (Å²) in [6, 6.07) is 13.7. The first kappa shape index (κ1) is 24.2. The molecular weight excluding hydrogens is 429 g/mol. The van der Waals surface area contributed by atoms with Crippen LogP contribution in [0.15, 0.2) is 54.6 Å². The van der Waals surface area contributed by atoms with E-state index in [0.717, 1.165) is 11.6 Å². The summed E-state index contributed by atoms with van der Waals surface area (Å²) >= 11 is 0. The van der Waals surface area contributed by atoms with Crippen molar-refractivity contribution in [2.75, 3.05) is 11.4 Å². The first-order valence-corrected chi connectivity index (χ1v) is 10.9. The summed E-state index contributed by atoms with van der Waals surface area (Å²) in [5.41, 5.74) is 2.20. The lowest BCUT2D eigenvalue weighted by molar-refractivity contribution is -0.118. The van der Waals surface area contributed by atoms with Gasteiger partial charge in [0.05, 0.1) is 5.69 Å². The lowest BCUT2D eigenvalue weighted by atomic mass is 9.99. The van der Waals surface area contributed by atoms with E-state index in [9.17, 15) is 22.8 Å². The number of carbonyl (C=O) groups is 2. The molecule has 0 aliphatic carbocycles. The van der Waals surface area contributed by atoms with Crippen LogP contribution >= 0.6 is 0 Å². The number of amides is 1. The van der Waals surface area contributed by atoms with Crippen LogP contribution in [0.3, 0.4) is 0 Å². The molecule has 4 nitrogen and oxygen atoms in total. The van der Waals surface area contributed by atoms with Crippen molar-refractivity contribution >= 4 is 17.4 Å². The molecule has 3 aromatic rings. The van der Waals surface area contributed by atoms with Crippen LogP contribution < -0.4 is 4.90 Å². The van der Waals surface area contributed by atoms with Crippen LogP contribution in [0.5, 0.6) is 0 Å². The Morgan fingerprint density at radius 2 is 1.61 bits per heavy atom. The Labute approximate surface area is 191 Å². The summed E-state index contributed by atoms with van der Waals surface area (Å²) in [5, 5.41) is 0. The molecular formula is C26H25F3N2O2. The Balaban J connectivity index is 1.72. The molecule has 172 valence electrons. The van der Waals surface area contributed by atoms with Crippen molar-refractivity contribution in [3.05, 3.63) is 83.4 Å². The number of ketones is 1. The van der Waals surface area contributed by atoms with E-state index in [4.69, 9.17) is 0 Å². The van der Waals surface area contributed by atoms with Gasteiger partial charge in [0.25, 0.3) is 0 Å². The van der Waals surface area contributed by atoms with Gasteiger partial charge in [0, 0.05) is 30.5 Å². The van der Waals surface area contributed by atoms with E-state index in [1.807, 2.05) is 6.92 Å². The predicted octanol–water partition coefficient (Wildman–Crippen LogP) is 6.13. The zero-order valence-corrected chi connectivity index (χ0v) is 18.6. The number of rotatable bonds is 9. The molecule has 0 unspecified atom stereocenters. The van der Waals surface area contributed by atoms with Gasteiger partial charge >= 0.3 is 0 Å². The van der Waals surface area contributed by atoms with E-state index < -0.39 is 17.7 Å². The lowest BCUT2D eigenvalue weighted by Gasteiger charge is -2.22. The van der Waals surface area contributed by atoms with Gasteiger partial charge in [0.1, 0.15) is 5.82 Å². The molecule has 7 heteroatoms. The monoisotopic (exact) mass is 454 g/mol. The van der Waals surface area contributed by atoms with Gasteiger partial charge < -0.3 is 4.90 Å². The second-order valence-corrected chi connectivity index (χ2v) is 7.65. The highest BCUT2D eigenvalue weighted by molar-refractivity contribution is 5.96. The molecule has 1 amide bonds. The van der Waals surface area contributed by atoms with Crippen LogP contribution in [-0.4, -0.2) is 23.2 Å². The third-order valence-corrected chi connectivity index (χ3v) is 5.34. The maximum Gasteiger partial charge on any atom is 0.226 e. The molecule has 0 saturated heterocycles. The molecule has 33 heavy (non-hydrogen) atoms. The molecule has 3 rings (SSSR count). The molecule has 0 aliphatic heterocycles. The van der Waals surface area contributed by atoms with E-state index in [0.29, 0.717) is 30.5 Å². The van der Waals surface area contributed by atoms with Crippen LogP contribution in [-0.2, 0) is 11.2 Å². The molecule has 0 aliphatic rings. The number of pyridine rings is 1. The van der Waals surface area contributed by atoms with E-state index in [1.54, 1.807) is 43.3 Å². The third kappa shape index (κ3) is 5.86. The summed E-state index contributed by atoms with van der Waals surface area (Å²) in [6.07, 6.45) is 1.16. The number of halogens is 3. The lowest BCUT2D eigenvalue weighted by Crippen LogP contribution is -2.31. The summed E-state index contributed by atoms with van der Waals surface area (Å²) in [6.45, 7) is 4.11. The van der Waals surface area contributed by atoms with Crippen molar-refractivity contribution in [2.45, 2.75) is 39.5 Å². The third-order valence-electron chi connectivity index (χ3n) is 5.34. The highest BCUT2D eigenvalue weighted by Gasteiger charge is 2.18. The summed E-state index contributed by atoms with van der Waals surface area (Å²) in [7, 11) is 0. The van der Waals surface area contributed by atoms with Crippen molar-refractivity contribution < 1.29 is 22.8 Å². The van der Waals surface area contributed by atoms with E-state index in [2.05, 4.69) is 4.98 Å². The van der Waals surface area contributed by atoms with E-state index in [1.165, 1.54) is 17.0 Å². The van der Waals surface area contributed by atoms with Gasteiger partial charge in [-0.1, -0.05) is 44.2 Å². The maximum absolute atomic E-state index is 14.8. The van der Waals surface area contributed by atoms with Gasteiger partial charge in [-0.2, -0.15) is 13.8 Å². The Bertz CT molecular complexity index is 1150. The molecule has 0 fully saturated rings. The molecule has 1 aromatic heterocycles. The zero-order valence-electron chi connectivity index (χ0n) is 18.6. The van der Waals surface area contributed by atoms with Crippen molar-refractivity contribution in [3.63, 3.8) is 0 Å². The van der Waals surface area contributed by atoms with E-state index >= 15 is 0 Å². The fourth-order valence-electron chi connectivity index (χ4n) is 3.57. The molecule has 0 bridgehead atoms. The van der Waals surface area contributed by atoms with Crippen molar-refractivity contribution in [3.8, 4) is 11.1 Å². The van der Waals surface area contributed by atoms with Gasteiger partial charge in [-0.05, 0) is 48.2 Å². The van der Waals surface area contributed by atoms with Crippen LogP contribution in [0.1, 0.15) is 49.0 Å². The van der Waals surface area contributed by atoms with Gasteiger partial charge in [-0.15, -0.1) is 0 Å². The summed E-state index contributed by atoms with van der Waals surface area (Å²) in [4.78, 5) is 29.2. The molecule has 1 heterocycles. The molecule has 2 aromatic carbocycles. The zero-order chi connectivity index (χ0) is 24.0. The Morgan fingerprint density at radius 3 is 2.21 bits per heavy atom. The van der Waals surface area contributed by atoms with Gasteiger partial charge in [-0.3, -0.25) is 9.59 Å². The number of hydrogen-bond donors (Lipinski definition) is 0. The number of Topliss-reactive ketones (excluding diaryl/α,β-unsaturated/α-hetero) is 1. The fraction of sp³-hybridized carbons (Fsp3) is 0.269. The molecule has 0 N–H and O–H groups in total. The van der Waals surface area contributed by atoms with Crippen LogP contribution in [0, 0.1) is 17.7 Å². The molecule has 0 spiro atoms. The van der Waals surface area contributed by atoms with Crippen LogP contribution in [0.2, 0.25) is 0 Å². The summed E-state index contributed by atoms with van der Waals surface area (Å²) < 4.78 is 41.4. The Morgan fingerprint density at radius 1 is 0.909 bits per heavy atom. The standard InChI is InChI=1S/C26H25F3N2O2/c1-3-15-31(25(33)4-2)22-12-9-20(16-21(22)27)17-5-7-18(8-6-17)23(32)13-10-19-11-14-24(28)30-26(19)29/h5-9,11-12,14,16H,3-4,10,13,15H2,1-2H3. The summed E-state index contributed by atoms with van der Waals surface area (Å²) in [5.74, 6) is -2.64. The molecule has 0 radical (unpaired) electrons.